The van der Waals surface area contributed by atoms with E-state index in [1.807, 2.05) is 35.6 Å². The van der Waals surface area contributed by atoms with E-state index in [-0.39, 0.29) is 6.42 Å². The molecule has 154 valence electrons. The van der Waals surface area contributed by atoms with Crippen molar-refractivity contribution < 1.29 is 27.8 Å². The van der Waals surface area contributed by atoms with Gasteiger partial charge in [0.2, 0.25) is 0 Å². The van der Waals surface area contributed by atoms with Gasteiger partial charge < -0.3 is 14.8 Å². The molecule has 0 atom stereocenters. The second-order valence-corrected chi connectivity index (χ2v) is 7.44. The molecule has 5 nitrogen and oxygen atoms in total. The minimum absolute atomic E-state index is 0.207. The van der Waals surface area contributed by atoms with Gasteiger partial charge >= 0.3 is 12.1 Å². The van der Waals surface area contributed by atoms with Gasteiger partial charge in [0.1, 0.15) is 5.60 Å². The van der Waals surface area contributed by atoms with Crippen molar-refractivity contribution in [1.82, 2.24) is 5.32 Å². The van der Waals surface area contributed by atoms with Crippen molar-refractivity contribution in [2.75, 3.05) is 13.2 Å². The Kier molecular flexibility index (Phi) is 7.16. The third-order valence-electron chi connectivity index (χ3n) is 3.56. The second kappa shape index (κ2) is 9.37. The summed E-state index contributed by atoms with van der Waals surface area (Å²) in [6, 6.07) is 18.7. The van der Waals surface area contributed by atoms with E-state index in [4.69, 9.17) is 4.74 Å². The van der Waals surface area contributed by atoms with Gasteiger partial charge in [-0.1, -0.05) is 42.5 Å². The predicted octanol–water partition coefficient (Wildman–Crippen LogP) is 4.20. The highest BCUT2D eigenvalue weighted by Gasteiger charge is 2.32. The van der Waals surface area contributed by atoms with Gasteiger partial charge in [-0.2, -0.15) is 0 Å². The van der Waals surface area contributed by atoms with Gasteiger partial charge in [0.15, 0.2) is 6.61 Å². The van der Waals surface area contributed by atoms with Crippen molar-refractivity contribution in [3.05, 3.63) is 60.2 Å². The highest BCUT2D eigenvalue weighted by molar-refractivity contribution is 5.73. The first kappa shape index (κ1) is 22.2. The van der Waals surface area contributed by atoms with Crippen LogP contribution in [0, 0.1) is 12.1 Å². The van der Waals surface area contributed by atoms with Crippen molar-refractivity contribution in [3.8, 4) is 11.1 Å². The third-order valence-corrected chi connectivity index (χ3v) is 3.56. The van der Waals surface area contributed by atoms with Crippen LogP contribution >= 0.6 is 0 Å². The largest absolute Gasteiger partial charge is 0.459 e. The second-order valence-electron chi connectivity index (χ2n) is 7.44. The molecular formula is C22H23F2NO4. The zero-order chi connectivity index (χ0) is 21.5. The molecule has 0 aliphatic heterocycles. The minimum Gasteiger partial charge on any atom is -0.459 e. The molecule has 0 aromatic heterocycles. The molecule has 1 N–H and O–H groups in total. The van der Waals surface area contributed by atoms with Crippen LogP contribution in [0.3, 0.4) is 0 Å². The van der Waals surface area contributed by atoms with E-state index in [0.29, 0.717) is 5.56 Å². The van der Waals surface area contributed by atoms with Gasteiger partial charge in [-0.25, -0.2) is 13.6 Å². The Balaban J connectivity index is 1.79. The Labute approximate surface area is 169 Å². The van der Waals surface area contributed by atoms with E-state index < -0.39 is 36.7 Å². The fourth-order valence-electron chi connectivity index (χ4n) is 2.26. The molecule has 0 aliphatic rings. The SMILES string of the molecule is CC(C)(C)OC(=O)NCC(F)(F)COC(=O)Cc1c#cc(-c2ccccc2)cc1. The van der Waals surface area contributed by atoms with Crippen LogP contribution in [-0.4, -0.2) is 36.7 Å². The number of carbonyl (C=O) groups excluding carboxylic acids is 2. The monoisotopic (exact) mass is 403 g/mol. The lowest BCUT2D eigenvalue weighted by Crippen LogP contribution is -2.42. The average Bonchev–Trinajstić information content (AvgIpc) is 2.65. The first-order valence-corrected chi connectivity index (χ1v) is 9.03. The van der Waals surface area contributed by atoms with Crippen molar-refractivity contribution in [2.24, 2.45) is 0 Å². The summed E-state index contributed by atoms with van der Waals surface area (Å²) in [5, 5.41) is 1.96. The number of carbonyl (C=O) groups is 2. The summed E-state index contributed by atoms with van der Waals surface area (Å²) < 4.78 is 37.1. The highest BCUT2D eigenvalue weighted by Crippen LogP contribution is 2.17. The lowest BCUT2D eigenvalue weighted by atomic mass is 10.1. The molecule has 0 heterocycles. The minimum atomic E-state index is -3.42. The summed E-state index contributed by atoms with van der Waals surface area (Å²) in [4.78, 5) is 23.3. The Hall–Kier alpha value is -3.14. The Morgan fingerprint density at radius 1 is 1.03 bits per heavy atom. The number of ether oxygens (including phenoxy) is 2. The predicted molar refractivity (Wildman–Crippen MR) is 103 cm³/mol. The maximum absolute atomic E-state index is 13.8. The fraction of sp³-hybridized carbons (Fsp3) is 0.364. The summed E-state index contributed by atoms with van der Waals surface area (Å²) in [5.74, 6) is -4.24. The van der Waals surface area contributed by atoms with Gasteiger partial charge in [0, 0.05) is 11.1 Å². The summed E-state index contributed by atoms with van der Waals surface area (Å²) in [6.45, 7) is 2.71. The number of hydrogen-bond acceptors (Lipinski definition) is 4. The normalized spacial score (nSPS) is 11.3. The zero-order valence-electron chi connectivity index (χ0n) is 16.6. The first-order valence-electron chi connectivity index (χ1n) is 9.03. The molecule has 1 amide bonds. The number of alkyl carbamates (subject to hydrolysis) is 1. The highest BCUT2D eigenvalue weighted by atomic mass is 19.3. The lowest BCUT2D eigenvalue weighted by molar-refractivity contribution is -0.153. The van der Waals surface area contributed by atoms with Crippen molar-refractivity contribution in [1.29, 1.82) is 0 Å². The number of alkyl halides is 2. The van der Waals surface area contributed by atoms with E-state index >= 15 is 0 Å². The molecule has 0 fully saturated rings. The number of amides is 1. The van der Waals surface area contributed by atoms with Gasteiger partial charge in [0.25, 0.3) is 5.92 Å². The van der Waals surface area contributed by atoms with Crippen molar-refractivity contribution >= 4 is 12.1 Å². The maximum Gasteiger partial charge on any atom is 0.407 e. The standard InChI is InChI=1S/C22H23F2NO4/c1-21(2,3)29-20(27)25-14-22(23,24)15-28-19(26)13-16-9-11-18(12-10-16)17-7-5-4-6-8-17/h4-9,11H,13-15H2,1-3H3,(H,25,27). The zero-order valence-corrected chi connectivity index (χ0v) is 16.6. The molecule has 0 bridgehead atoms. The molecule has 2 aromatic rings. The van der Waals surface area contributed by atoms with E-state index in [1.165, 1.54) is 0 Å². The van der Waals surface area contributed by atoms with Crippen LogP contribution in [0.5, 0.6) is 0 Å². The number of hydrogen-bond donors (Lipinski definition) is 1. The molecule has 29 heavy (non-hydrogen) atoms. The summed E-state index contributed by atoms with van der Waals surface area (Å²) in [6.07, 6.45) is -1.17. The molecule has 0 saturated carbocycles. The topological polar surface area (TPSA) is 64.6 Å². The average molecular weight is 403 g/mol. The van der Waals surface area contributed by atoms with Crippen LogP contribution < -0.4 is 5.32 Å². The number of halogens is 2. The Bertz CT molecular complexity index is 815. The third kappa shape index (κ3) is 8.18. The maximum atomic E-state index is 13.8. The number of esters is 1. The molecule has 0 radical (unpaired) electrons. The van der Waals surface area contributed by atoms with Gasteiger partial charge in [-0.05, 0) is 38.5 Å². The van der Waals surface area contributed by atoms with E-state index in [0.717, 1.165) is 11.1 Å². The number of rotatable bonds is 7. The Morgan fingerprint density at radius 3 is 2.31 bits per heavy atom. The van der Waals surface area contributed by atoms with Crippen LogP contribution in [0.25, 0.3) is 11.1 Å². The van der Waals surface area contributed by atoms with Crippen molar-refractivity contribution in [3.63, 3.8) is 0 Å². The van der Waals surface area contributed by atoms with Crippen LogP contribution in [0.15, 0.2) is 42.5 Å². The Morgan fingerprint density at radius 2 is 1.72 bits per heavy atom. The number of benzene rings is 1. The van der Waals surface area contributed by atoms with E-state index in [1.54, 1.807) is 32.9 Å². The molecule has 7 heteroatoms. The van der Waals surface area contributed by atoms with E-state index in [9.17, 15) is 18.4 Å². The summed E-state index contributed by atoms with van der Waals surface area (Å²) in [7, 11) is 0. The summed E-state index contributed by atoms with van der Waals surface area (Å²) in [5.41, 5.74) is 1.44. The lowest BCUT2D eigenvalue weighted by Gasteiger charge is -2.21. The first-order chi connectivity index (χ1) is 13.5. The molecule has 0 unspecified atom stereocenters. The quantitative estimate of drug-likeness (QED) is 0.704. The molecule has 0 saturated heterocycles. The van der Waals surface area contributed by atoms with Crippen LogP contribution in [0.4, 0.5) is 13.6 Å². The van der Waals surface area contributed by atoms with Gasteiger partial charge in [-0.3, -0.25) is 4.79 Å². The fourth-order valence-corrected chi connectivity index (χ4v) is 2.26. The molecule has 0 spiro atoms. The smallest absolute Gasteiger partial charge is 0.407 e. The molecule has 2 rings (SSSR count). The van der Waals surface area contributed by atoms with Crippen molar-refractivity contribution in [2.45, 2.75) is 38.7 Å². The summed E-state index contributed by atoms with van der Waals surface area (Å²) >= 11 is 0. The molecule has 2 aromatic carbocycles. The molecular weight excluding hydrogens is 380 g/mol. The molecule has 0 aliphatic carbocycles. The van der Waals surface area contributed by atoms with Crippen LogP contribution in [-0.2, 0) is 20.7 Å². The van der Waals surface area contributed by atoms with Crippen LogP contribution in [0.2, 0.25) is 0 Å². The van der Waals surface area contributed by atoms with Crippen LogP contribution in [0.1, 0.15) is 26.3 Å². The van der Waals surface area contributed by atoms with Gasteiger partial charge in [0.05, 0.1) is 13.0 Å². The van der Waals surface area contributed by atoms with E-state index in [2.05, 4.69) is 16.9 Å². The number of nitrogens with one attached hydrogen (secondary N) is 1. The van der Waals surface area contributed by atoms with Gasteiger partial charge in [-0.15, -0.1) is 0 Å².